The molecular formula is C29H31F3O3. The smallest absolute Gasteiger partial charge is 0.420 e. The van der Waals surface area contributed by atoms with Crippen LogP contribution in [0.5, 0.6) is 11.5 Å². The molecule has 0 aliphatic carbocycles. The summed E-state index contributed by atoms with van der Waals surface area (Å²) in [6.07, 6.45) is -4.55. The highest BCUT2D eigenvalue weighted by Crippen LogP contribution is 2.46. The molecule has 0 fully saturated rings. The molecule has 0 amide bonds. The Morgan fingerprint density at radius 2 is 1.57 bits per heavy atom. The van der Waals surface area contributed by atoms with Gasteiger partial charge in [-0.15, -0.1) is 0 Å². The third-order valence-corrected chi connectivity index (χ3v) is 5.84. The second-order valence-corrected chi connectivity index (χ2v) is 9.34. The summed E-state index contributed by atoms with van der Waals surface area (Å²) in [5.74, 6) is -1.69. The highest BCUT2D eigenvalue weighted by atomic mass is 19.4. The minimum absolute atomic E-state index is 0.0346. The van der Waals surface area contributed by atoms with Crippen molar-refractivity contribution in [2.45, 2.75) is 52.1 Å². The van der Waals surface area contributed by atoms with E-state index in [-0.39, 0.29) is 29.6 Å². The number of benzene rings is 3. The van der Waals surface area contributed by atoms with E-state index >= 15 is 0 Å². The highest BCUT2D eigenvalue weighted by molar-refractivity contribution is 5.81. The van der Waals surface area contributed by atoms with E-state index in [1.54, 1.807) is 18.2 Å². The molecule has 3 aromatic carbocycles. The van der Waals surface area contributed by atoms with Crippen LogP contribution in [0.1, 0.15) is 62.6 Å². The fourth-order valence-corrected chi connectivity index (χ4v) is 4.12. The lowest BCUT2D eigenvalue weighted by atomic mass is 9.85. The van der Waals surface area contributed by atoms with Crippen molar-refractivity contribution in [3.05, 3.63) is 83.4 Å². The van der Waals surface area contributed by atoms with Gasteiger partial charge in [0.15, 0.2) is 0 Å². The highest BCUT2D eigenvalue weighted by Gasteiger charge is 2.41. The number of carbonyl (C=O) groups excluding carboxylic acids is 1. The summed E-state index contributed by atoms with van der Waals surface area (Å²) in [5, 5.41) is 0. The Bertz CT molecular complexity index is 1150. The number of esters is 1. The van der Waals surface area contributed by atoms with E-state index < -0.39 is 23.6 Å². The quantitative estimate of drug-likeness (QED) is 0.300. The van der Waals surface area contributed by atoms with Gasteiger partial charge in [-0.05, 0) is 64.8 Å². The van der Waals surface area contributed by atoms with Crippen LogP contribution >= 0.6 is 0 Å². The lowest BCUT2D eigenvalue weighted by molar-refractivity contribution is -0.144. The Labute approximate surface area is 204 Å². The Balaban J connectivity index is 2.30. The largest absolute Gasteiger partial charge is 0.469 e. The summed E-state index contributed by atoms with van der Waals surface area (Å²) in [5.41, 5.74) is 1.10. The van der Waals surface area contributed by atoms with Crippen molar-refractivity contribution in [2.75, 3.05) is 7.11 Å². The predicted octanol–water partition coefficient (Wildman–Crippen LogP) is 8.59. The van der Waals surface area contributed by atoms with Gasteiger partial charge in [0.25, 0.3) is 0 Å². The summed E-state index contributed by atoms with van der Waals surface area (Å²) < 4.78 is 54.6. The van der Waals surface area contributed by atoms with Crippen LogP contribution < -0.4 is 4.74 Å². The minimum atomic E-state index is -4.75. The zero-order chi connectivity index (χ0) is 25.8. The summed E-state index contributed by atoms with van der Waals surface area (Å²) in [6, 6.07) is 19.0. The molecule has 0 heterocycles. The van der Waals surface area contributed by atoms with Gasteiger partial charge in [0, 0.05) is 0 Å². The monoisotopic (exact) mass is 484 g/mol. The van der Waals surface area contributed by atoms with E-state index in [9.17, 15) is 18.0 Å². The maximum atomic E-state index is 14.6. The molecule has 0 radical (unpaired) electrons. The first kappa shape index (κ1) is 26.3. The molecule has 0 saturated heterocycles. The van der Waals surface area contributed by atoms with Gasteiger partial charge in [-0.1, -0.05) is 70.2 Å². The normalized spacial score (nSPS) is 12.6. The molecule has 0 saturated carbocycles. The predicted molar refractivity (Wildman–Crippen MR) is 132 cm³/mol. The molecule has 0 N–H and O–H groups in total. The van der Waals surface area contributed by atoms with Crippen LogP contribution in [0.25, 0.3) is 11.1 Å². The molecule has 1 unspecified atom stereocenters. The summed E-state index contributed by atoms with van der Waals surface area (Å²) >= 11 is 0. The van der Waals surface area contributed by atoms with Crippen LogP contribution in [0.3, 0.4) is 0 Å². The summed E-state index contributed by atoms with van der Waals surface area (Å²) in [4.78, 5) is 12.7. The van der Waals surface area contributed by atoms with E-state index in [1.807, 2.05) is 64.1 Å². The molecule has 186 valence electrons. The molecule has 0 aromatic heterocycles. The van der Waals surface area contributed by atoms with Crippen molar-refractivity contribution in [1.29, 1.82) is 0 Å². The van der Waals surface area contributed by atoms with Gasteiger partial charge in [0.1, 0.15) is 17.1 Å². The average Bonchev–Trinajstić information content (AvgIpc) is 2.81. The molecule has 6 heteroatoms. The fraction of sp³-hybridized carbons (Fsp3) is 0.345. The topological polar surface area (TPSA) is 35.5 Å². The fourth-order valence-electron chi connectivity index (χ4n) is 4.12. The van der Waals surface area contributed by atoms with Crippen LogP contribution in [0, 0.1) is 5.92 Å². The van der Waals surface area contributed by atoms with Gasteiger partial charge in [0.2, 0.25) is 0 Å². The molecule has 35 heavy (non-hydrogen) atoms. The molecule has 1 atom stereocenters. The van der Waals surface area contributed by atoms with Crippen LogP contribution in [-0.2, 0) is 15.7 Å². The van der Waals surface area contributed by atoms with Crippen molar-refractivity contribution in [2.24, 2.45) is 5.92 Å². The number of methoxy groups -OCH3 is 1. The number of alkyl halides is 3. The SMILES string of the molecule is COC(=O)C(CC(C)C)c1cc(-c2ccccc2)cc(Oc2cccc(C(C)C)c2)c1C(F)(F)F. The Morgan fingerprint density at radius 1 is 0.886 bits per heavy atom. The number of rotatable bonds is 8. The maximum absolute atomic E-state index is 14.6. The van der Waals surface area contributed by atoms with Crippen LogP contribution in [0.15, 0.2) is 66.7 Å². The first-order valence-electron chi connectivity index (χ1n) is 11.7. The molecule has 3 aromatic rings. The van der Waals surface area contributed by atoms with Crippen molar-refractivity contribution in [3.8, 4) is 22.6 Å². The molecule has 3 nitrogen and oxygen atoms in total. The third-order valence-electron chi connectivity index (χ3n) is 5.84. The van der Waals surface area contributed by atoms with Gasteiger partial charge in [-0.3, -0.25) is 4.79 Å². The van der Waals surface area contributed by atoms with Crippen LogP contribution in [0.2, 0.25) is 0 Å². The van der Waals surface area contributed by atoms with Gasteiger partial charge in [-0.2, -0.15) is 13.2 Å². The molecule has 0 bridgehead atoms. The zero-order valence-electron chi connectivity index (χ0n) is 20.6. The molecule has 0 aliphatic heterocycles. The maximum Gasteiger partial charge on any atom is 0.420 e. The summed E-state index contributed by atoms with van der Waals surface area (Å²) in [6.45, 7) is 7.72. The molecule has 0 spiro atoms. The molecule has 3 rings (SSSR count). The standard InChI is InChI=1S/C29H31F3O3/c1-18(2)14-25(28(33)34-5)24-16-22(20-10-7-6-8-11-20)17-26(27(24)29(30,31)32)35-23-13-9-12-21(15-23)19(3)4/h6-13,15-19,25H,14H2,1-5H3. The lowest BCUT2D eigenvalue weighted by Gasteiger charge is -2.25. The Kier molecular flexibility index (Phi) is 8.26. The van der Waals surface area contributed by atoms with Crippen LogP contribution in [0.4, 0.5) is 13.2 Å². The van der Waals surface area contributed by atoms with E-state index in [0.717, 1.165) is 11.1 Å². The number of ether oxygens (including phenoxy) is 2. The van der Waals surface area contributed by atoms with E-state index in [1.165, 1.54) is 19.2 Å². The van der Waals surface area contributed by atoms with E-state index in [0.29, 0.717) is 11.3 Å². The van der Waals surface area contributed by atoms with Crippen molar-refractivity contribution in [1.82, 2.24) is 0 Å². The first-order chi connectivity index (χ1) is 16.5. The zero-order valence-corrected chi connectivity index (χ0v) is 20.6. The number of carbonyl (C=O) groups is 1. The second kappa shape index (κ2) is 11.0. The summed E-state index contributed by atoms with van der Waals surface area (Å²) in [7, 11) is 1.19. The average molecular weight is 485 g/mol. The van der Waals surface area contributed by atoms with E-state index in [2.05, 4.69) is 0 Å². The van der Waals surface area contributed by atoms with E-state index in [4.69, 9.17) is 9.47 Å². The Hall–Kier alpha value is -3.28. The van der Waals surface area contributed by atoms with Crippen molar-refractivity contribution < 1.29 is 27.4 Å². The number of hydrogen-bond acceptors (Lipinski definition) is 3. The van der Waals surface area contributed by atoms with Gasteiger partial charge >= 0.3 is 12.1 Å². The van der Waals surface area contributed by atoms with Gasteiger partial charge < -0.3 is 9.47 Å². The Morgan fingerprint density at radius 3 is 2.14 bits per heavy atom. The second-order valence-electron chi connectivity index (χ2n) is 9.34. The molecule has 0 aliphatic rings. The minimum Gasteiger partial charge on any atom is -0.469 e. The first-order valence-corrected chi connectivity index (χ1v) is 11.7. The number of hydrogen-bond donors (Lipinski definition) is 0. The van der Waals surface area contributed by atoms with Crippen molar-refractivity contribution >= 4 is 5.97 Å². The van der Waals surface area contributed by atoms with Gasteiger partial charge in [0.05, 0.1) is 13.0 Å². The number of halogens is 3. The van der Waals surface area contributed by atoms with Crippen LogP contribution in [-0.4, -0.2) is 13.1 Å². The lowest BCUT2D eigenvalue weighted by Crippen LogP contribution is -2.21. The van der Waals surface area contributed by atoms with Crippen molar-refractivity contribution in [3.63, 3.8) is 0 Å². The van der Waals surface area contributed by atoms with Gasteiger partial charge in [-0.25, -0.2) is 0 Å². The molecular weight excluding hydrogens is 453 g/mol. The third kappa shape index (κ3) is 6.44.